The first-order valence-electron chi connectivity index (χ1n) is 9.78. The van der Waals surface area contributed by atoms with Gasteiger partial charge in [0.15, 0.2) is 0 Å². The molecule has 3 aliphatic rings. The minimum Gasteiger partial charge on any atom is -0.381 e. The molecule has 1 spiro atoms. The van der Waals surface area contributed by atoms with Gasteiger partial charge in [0.25, 0.3) is 0 Å². The van der Waals surface area contributed by atoms with Crippen LogP contribution in [0.4, 0.5) is 0 Å². The fourth-order valence-electron chi connectivity index (χ4n) is 4.54. The molecule has 0 saturated carbocycles. The second-order valence-corrected chi connectivity index (χ2v) is 8.11. The van der Waals surface area contributed by atoms with E-state index in [1.54, 1.807) is 0 Å². The van der Waals surface area contributed by atoms with Crippen molar-refractivity contribution in [2.75, 3.05) is 52.6 Å². The summed E-state index contributed by atoms with van der Waals surface area (Å²) in [5.41, 5.74) is 0.0580. The molecule has 0 unspecified atom stereocenters. The smallest absolute Gasteiger partial charge is 0.225 e. The average molecular weight is 362 g/mol. The van der Waals surface area contributed by atoms with Crippen LogP contribution in [0.3, 0.4) is 0 Å². The Labute approximate surface area is 155 Å². The summed E-state index contributed by atoms with van der Waals surface area (Å²) >= 11 is 0. The van der Waals surface area contributed by atoms with Gasteiger partial charge in [-0.25, -0.2) is 4.98 Å². The summed E-state index contributed by atoms with van der Waals surface area (Å²) < 4.78 is 13.4. The molecule has 1 aromatic rings. The Morgan fingerprint density at radius 3 is 2.85 bits per heavy atom. The van der Waals surface area contributed by atoms with Crippen molar-refractivity contribution >= 4 is 5.91 Å². The van der Waals surface area contributed by atoms with E-state index in [4.69, 9.17) is 9.47 Å². The van der Waals surface area contributed by atoms with Gasteiger partial charge in [0, 0.05) is 63.6 Å². The second-order valence-electron chi connectivity index (χ2n) is 8.11. The summed E-state index contributed by atoms with van der Waals surface area (Å²) in [4.78, 5) is 22.0. The van der Waals surface area contributed by atoms with E-state index in [2.05, 4.69) is 19.4 Å². The van der Waals surface area contributed by atoms with Crippen molar-refractivity contribution < 1.29 is 14.3 Å². The number of hydrogen-bond acceptors (Lipinski definition) is 5. The van der Waals surface area contributed by atoms with Crippen molar-refractivity contribution in [3.05, 3.63) is 18.2 Å². The Kier molecular flexibility index (Phi) is 5.29. The Bertz CT molecular complexity index is 628. The zero-order valence-corrected chi connectivity index (χ0v) is 15.7. The number of carbonyl (C=O) groups is 1. The van der Waals surface area contributed by atoms with Gasteiger partial charge in [-0.1, -0.05) is 0 Å². The quantitative estimate of drug-likeness (QED) is 0.800. The summed E-state index contributed by atoms with van der Waals surface area (Å²) in [6.45, 7) is 7.23. The van der Waals surface area contributed by atoms with Gasteiger partial charge < -0.3 is 18.9 Å². The monoisotopic (exact) mass is 362 g/mol. The van der Waals surface area contributed by atoms with Crippen LogP contribution in [-0.4, -0.2) is 77.9 Å². The van der Waals surface area contributed by atoms with E-state index in [0.717, 1.165) is 64.4 Å². The molecule has 26 heavy (non-hydrogen) atoms. The van der Waals surface area contributed by atoms with Crippen molar-refractivity contribution in [2.45, 2.75) is 25.8 Å². The van der Waals surface area contributed by atoms with Crippen molar-refractivity contribution in [3.8, 4) is 0 Å². The van der Waals surface area contributed by atoms with E-state index in [0.29, 0.717) is 25.7 Å². The number of nitrogens with zero attached hydrogens (tertiary/aromatic N) is 4. The molecule has 7 heteroatoms. The zero-order valence-electron chi connectivity index (χ0n) is 15.7. The Hall–Kier alpha value is -1.44. The first-order chi connectivity index (χ1) is 12.7. The lowest BCUT2D eigenvalue weighted by Gasteiger charge is -2.34. The summed E-state index contributed by atoms with van der Waals surface area (Å²) in [6.07, 6.45) is 6.63. The lowest BCUT2D eigenvalue weighted by molar-refractivity contribution is -0.139. The molecule has 144 valence electrons. The number of ether oxygens (including phenoxy) is 2. The van der Waals surface area contributed by atoms with Crippen molar-refractivity contribution in [1.82, 2.24) is 19.4 Å². The number of rotatable bonds is 3. The molecule has 3 saturated heterocycles. The van der Waals surface area contributed by atoms with Gasteiger partial charge in [-0.05, 0) is 25.8 Å². The molecule has 1 amide bonds. The topological polar surface area (TPSA) is 59.8 Å². The van der Waals surface area contributed by atoms with Crippen LogP contribution in [0.15, 0.2) is 12.4 Å². The predicted molar refractivity (Wildman–Crippen MR) is 96.5 cm³/mol. The standard InChI is InChI=1S/C19H30N4O3/c1-21-7-5-20-17(21)12-22-6-4-19(13-22)14-23(8-11-26-15-19)18(24)16-2-9-25-10-3-16/h5,7,16H,2-4,6,8-15H2,1H3/t19-/m0/s1. The maximum atomic E-state index is 13.0. The molecule has 0 aromatic carbocycles. The number of carbonyl (C=O) groups excluding carboxylic acids is 1. The van der Waals surface area contributed by atoms with Gasteiger partial charge in [0.1, 0.15) is 5.82 Å². The second kappa shape index (κ2) is 7.66. The van der Waals surface area contributed by atoms with E-state index in [1.807, 2.05) is 19.4 Å². The highest BCUT2D eigenvalue weighted by molar-refractivity contribution is 5.79. The average Bonchev–Trinajstić information content (AvgIpc) is 3.17. The maximum absolute atomic E-state index is 13.0. The van der Waals surface area contributed by atoms with E-state index in [1.165, 1.54) is 0 Å². The number of likely N-dealkylation sites (tertiary alicyclic amines) is 1. The minimum absolute atomic E-state index is 0.0580. The van der Waals surface area contributed by atoms with Crippen molar-refractivity contribution in [3.63, 3.8) is 0 Å². The molecular formula is C19H30N4O3. The van der Waals surface area contributed by atoms with Crippen LogP contribution in [0.5, 0.6) is 0 Å². The van der Waals surface area contributed by atoms with Crippen LogP contribution in [0.2, 0.25) is 0 Å². The van der Waals surface area contributed by atoms with E-state index in [9.17, 15) is 4.79 Å². The molecule has 0 aliphatic carbocycles. The van der Waals surface area contributed by atoms with Gasteiger partial charge in [-0.15, -0.1) is 0 Å². The first kappa shape index (κ1) is 17.9. The third kappa shape index (κ3) is 3.80. The van der Waals surface area contributed by atoms with Crippen LogP contribution < -0.4 is 0 Å². The molecule has 7 nitrogen and oxygen atoms in total. The van der Waals surface area contributed by atoms with Gasteiger partial charge in [0.2, 0.25) is 5.91 Å². The Morgan fingerprint density at radius 1 is 1.23 bits per heavy atom. The van der Waals surface area contributed by atoms with Gasteiger partial charge in [-0.2, -0.15) is 0 Å². The van der Waals surface area contributed by atoms with E-state index < -0.39 is 0 Å². The lowest BCUT2D eigenvalue weighted by atomic mass is 9.87. The molecule has 0 bridgehead atoms. The highest BCUT2D eigenvalue weighted by Gasteiger charge is 2.43. The molecule has 0 N–H and O–H groups in total. The fraction of sp³-hybridized carbons (Fsp3) is 0.789. The highest BCUT2D eigenvalue weighted by atomic mass is 16.5. The summed E-state index contributed by atoms with van der Waals surface area (Å²) in [5, 5.41) is 0. The molecule has 3 aliphatic heterocycles. The molecule has 0 radical (unpaired) electrons. The first-order valence-corrected chi connectivity index (χ1v) is 9.78. The number of aromatic nitrogens is 2. The van der Waals surface area contributed by atoms with Gasteiger partial charge in [0.05, 0.1) is 19.8 Å². The number of hydrogen-bond donors (Lipinski definition) is 0. The Balaban J connectivity index is 1.40. The van der Waals surface area contributed by atoms with Crippen LogP contribution in [0.25, 0.3) is 0 Å². The molecule has 3 fully saturated rings. The van der Waals surface area contributed by atoms with Crippen LogP contribution in [0.1, 0.15) is 25.1 Å². The molecule has 4 heterocycles. The third-order valence-corrected chi connectivity index (χ3v) is 6.13. The highest BCUT2D eigenvalue weighted by Crippen LogP contribution is 2.35. The number of imidazole rings is 1. The normalized spacial score (nSPS) is 28.6. The Morgan fingerprint density at radius 2 is 2.08 bits per heavy atom. The van der Waals surface area contributed by atoms with Crippen LogP contribution >= 0.6 is 0 Å². The SMILES string of the molecule is Cn1ccnc1CN1CC[C@]2(COCCN(C(=O)C3CCOCC3)C2)C1. The zero-order chi connectivity index (χ0) is 18.0. The molecule has 1 atom stereocenters. The van der Waals surface area contributed by atoms with E-state index >= 15 is 0 Å². The van der Waals surface area contributed by atoms with Gasteiger partial charge in [-0.3, -0.25) is 9.69 Å². The van der Waals surface area contributed by atoms with Crippen LogP contribution in [0, 0.1) is 11.3 Å². The number of aryl methyl sites for hydroxylation is 1. The van der Waals surface area contributed by atoms with Crippen molar-refractivity contribution in [1.29, 1.82) is 0 Å². The van der Waals surface area contributed by atoms with Crippen LogP contribution in [-0.2, 0) is 27.9 Å². The molecular weight excluding hydrogens is 332 g/mol. The summed E-state index contributed by atoms with van der Waals surface area (Å²) in [5.74, 6) is 1.52. The lowest BCUT2D eigenvalue weighted by Crippen LogP contribution is -2.46. The minimum atomic E-state index is 0.0580. The van der Waals surface area contributed by atoms with Crippen molar-refractivity contribution in [2.24, 2.45) is 18.4 Å². The number of amides is 1. The van der Waals surface area contributed by atoms with Gasteiger partial charge >= 0.3 is 0 Å². The molecule has 1 aromatic heterocycles. The van der Waals surface area contributed by atoms with E-state index in [-0.39, 0.29) is 11.3 Å². The molecule has 4 rings (SSSR count). The largest absolute Gasteiger partial charge is 0.381 e. The predicted octanol–water partition coefficient (Wildman–Crippen LogP) is 0.898. The maximum Gasteiger partial charge on any atom is 0.225 e. The summed E-state index contributed by atoms with van der Waals surface area (Å²) in [6, 6.07) is 0. The summed E-state index contributed by atoms with van der Waals surface area (Å²) in [7, 11) is 2.04. The fourth-order valence-corrected chi connectivity index (χ4v) is 4.54. The third-order valence-electron chi connectivity index (χ3n) is 6.13.